The number of aliphatic hydroxyl groups is 1. The van der Waals surface area contributed by atoms with Gasteiger partial charge in [-0.3, -0.25) is 0 Å². The number of aromatic nitrogens is 3. The van der Waals surface area contributed by atoms with Crippen LogP contribution in [0.15, 0.2) is 30.5 Å². The molecule has 1 aromatic heterocycles. The summed E-state index contributed by atoms with van der Waals surface area (Å²) in [7, 11) is 0. The molecule has 2 rings (SSSR count). The van der Waals surface area contributed by atoms with Gasteiger partial charge in [-0.15, -0.1) is 5.10 Å². The van der Waals surface area contributed by atoms with Crippen LogP contribution in [-0.2, 0) is 13.1 Å². The first-order valence-electron chi connectivity index (χ1n) is 6.07. The minimum absolute atomic E-state index is 0.0249. The highest BCUT2D eigenvalue weighted by Crippen LogP contribution is 2.15. The monoisotopic (exact) mass is 276 g/mol. The van der Waals surface area contributed by atoms with Crippen molar-refractivity contribution < 1.29 is 9.90 Å². The van der Waals surface area contributed by atoms with E-state index < -0.39 is 6.03 Å². The zero-order chi connectivity index (χ0) is 14.4. The third kappa shape index (κ3) is 3.95. The second kappa shape index (κ2) is 6.53. The molecule has 0 saturated carbocycles. The van der Waals surface area contributed by atoms with Crippen LogP contribution in [0.3, 0.4) is 0 Å². The van der Waals surface area contributed by atoms with E-state index in [9.17, 15) is 4.79 Å². The van der Waals surface area contributed by atoms with Crippen LogP contribution in [0.2, 0.25) is 0 Å². The summed E-state index contributed by atoms with van der Waals surface area (Å²) in [5, 5.41) is 22.3. The summed E-state index contributed by atoms with van der Waals surface area (Å²) in [4.78, 5) is 10.8. The molecule has 20 heavy (non-hydrogen) atoms. The lowest BCUT2D eigenvalue weighted by atomic mass is 10.2. The van der Waals surface area contributed by atoms with Gasteiger partial charge in [-0.05, 0) is 18.2 Å². The van der Waals surface area contributed by atoms with Crippen LogP contribution in [0.25, 0.3) is 0 Å². The van der Waals surface area contributed by atoms with Crippen LogP contribution < -0.4 is 16.4 Å². The molecule has 106 valence electrons. The first-order valence-corrected chi connectivity index (χ1v) is 6.07. The topological polar surface area (TPSA) is 118 Å². The Kier molecular flexibility index (Phi) is 4.51. The van der Waals surface area contributed by atoms with Gasteiger partial charge in [0.1, 0.15) is 5.69 Å². The van der Waals surface area contributed by atoms with Crippen molar-refractivity contribution in [1.82, 2.24) is 15.0 Å². The van der Waals surface area contributed by atoms with Crippen molar-refractivity contribution in [2.75, 3.05) is 17.2 Å². The smallest absolute Gasteiger partial charge is 0.316 e. The number of primary amides is 1. The average molecular weight is 276 g/mol. The number of nitrogens with two attached hydrogens (primary N) is 1. The predicted octanol–water partition coefficient (Wildman–Crippen LogP) is 0.373. The van der Waals surface area contributed by atoms with Crippen LogP contribution in [0.4, 0.5) is 16.2 Å². The molecule has 0 unspecified atom stereocenters. The van der Waals surface area contributed by atoms with Gasteiger partial charge in [0.2, 0.25) is 0 Å². The Morgan fingerprint density at radius 1 is 1.40 bits per heavy atom. The van der Waals surface area contributed by atoms with Gasteiger partial charge < -0.3 is 21.5 Å². The Balaban J connectivity index is 1.94. The van der Waals surface area contributed by atoms with Crippen molar-refractivity contribution in [2.24, 2.45) is 5.73 Å². The molecule has 0 fully saturated rings. The molecule has 1 heterocycles. The van der Waals surface area contributed by atoms with Gasteiger partial charge in [0.25, 0.3) is 0 Å². The number of amides is 2. The largest absolute Gasteiger partial charge is 0.394 e. The maximum absolute atomic E-state index is 10.8. The summed E-state index contributed by atoms with van der Waals surface area (Å²) < 4.78 is 1.57. The molecule has 0 aliphatic rings. The molecule has 0 radical (unpaired) electrons. The quantitative estimate of drug-likeness (QED) is 0.608. The Labute approximate surface area is 115 Å². The van der Waals surface area contributed by atoms with Gasteiger partial charge in [-0.25, -0.2) is 9.48 Å². The Morgan fingerprint density at radius 2 is 2.20 bits per heavy atom. The van der Waals surface area contributed by atoms with Crippen LogP contribution in [0.1, 0.15) is 5.69 Å². The molecule has 0 saturated heterocycles. The Bertz CT molecular complexity index is 583. The molecule has 0 aliphatic heterocycles. The molecule has 2 aromatic rings. The maximum atomic E-state index is 10.8. The highest BCUT2D eigenvalue weighted by atomic mass is 16.3. The van der Waals surface area contributed by atoms with E-state index in [1.165, 1.54) is 0 Å². The molecule has 0 atom stereocenters. The predicted molar refractivity (Wildman–Crippen MR) is 74.1 cm³/mol. The lowest BCUT2D eigenvalue weighted by molar-refractivity contribution is 0.259. The minimum atomic E-state index is -0.603. The van der Waals surface area contributed by atoms with Crippen molar-refractivity contribution in [1.29, 1.82) is 0 Å². The number of carbonyl (C=O) groups is 1. The first kappa shape index (κ1) is 13.8. The molecule has 1 aromatic carbocycles. The van der Waals surface area contributed by atoms with Gasteiger partial charge >= 0.3 is 6.03 Å². The molecule has 8 nitrogen and oxygen atoms in total. The number of anilines is 2. The Hall–Kier alpha value is -2.61. The summed E-state index contributed by atoms with van der Waals surface area (Å²) in [6, 6.07) is 6.57. The molecule has 0 aliphatic carbocycles. The minimum Gasteiger partial charge on any atom is -0.394 e. The van der Waals surface area contributed by atoms with Crippen molar-refractivity contribution in [3.8, 4) is 0 Å². The number of aliphatic hydroxyl groups excluding tert-OH is 1. The lowest BCUT2D eigenvalue weighted by Gasteiger charge is -2.07. The zero-order valence-electron chi connectivity index (χ0n) is 10.8. The second-order valence-electron chi connectivity index (χ2n) is 4.12. The van der Waals surface area contributed by atoms with E-state index in [0.29, 0.717) is 18.8 Å². The summed E-state index contributed by atoms with van der Waals surface area (Å²) in [6.07, 6.45) is 1.76. The summed E-state index contributed by atoms with van der Waals surface area (Å²) in [5.74, 6) is 0. The second-order valence-corrected chi connectivity index (χ2v) is 4.12. The number of hydrogen-bond donors (Lipinski definition) is 4. The van der Waals surface area contributed by atoms with E-state index in [2.05, 4.69) is 20.9 Å². The number of urea groups is 1. The van der Waals surface area contributed by atoms with Crippen LogP contribution >= 0.6 is 0 Å². The summed E-state index contributed by atoms with van der Waals surface area (Å²) in [6.45, 7) is 0.938. The van der Waals surface area contributed by atoms with Crippen LogP contribution in [0, 0.1) is 0 Å². The summed E-state index contributed by atoms with van der Waals surface area (Å²) in [5.41, 5.74) is 7.26. The number of rotatable bonds is 6. The summed E-state index contributed by atoms with van der Waals surface area (Å²) >= 11 is 0. The van der Waals surface area contributed by atoms with Crippen molar-refractivity contribution in [2.45, 2.75) is 13.1 Å². The highest BCUT2D eigenvalue weighted by Gasteiger charge is 2.02. The molecular formula is C12H16N6O2. The molecular weight excluding hydrogens is 260 g/mol. The average Bonchev–Trinajstić information content (AvgIpc) is 2.84. The fourth-order valence-corrected chi connectivity index (χ4v) is 1.67. The van der Waals surface area contributed by atoms with Gasteiger partial charge in [0.05, 0.1) is 25.9 Å². The normalized spacial score (nSPS) is 10.2. The van der Waals surface area contributed by atoms with Crippen molar-refractivity contribution >= 4 is 17.4 Å². The molecule has 2 amide bonds. The third-order valence-electron chi connectivity index (χ3n) is 2.52. The van der Waals surface area contributed by atoms with E-state index in [4.69, 9.17) is 10.8 Å². The number of nitrogens with zero attached hydrogens (tertiary/aromatic N) is 3. The standard InChI is InChI=1S/C12H16N6O2/c13-12(20)15-10-3-1-2-9(6-10)14-7-11-8-18(4-5-19)17-16-11/h1-3,6,8,14,19H,4-5,7H2,(H3,13,15,20). The van der Waals surface area contributed by atoms with E-state index in [1.807, 2.05) is 6.07 Å². The first-order chi connectivity index (χ1) is 9.67. The third-order valence-corrected chi connectivity index (χ3v) is 2.52. The lowest BCUT2D eigenvalue weighted by Crippen LogP contribution is -2.19. The molecule has 0 spiro atoms. The number of benzene rings is 1. The SMILES string of the molecule is NC(=O)Nc1cccc(NCc2cn(CCO)nn2)c1. The van der Waals surface area contributed by atoms with Crippen LogP contribution in [-0.4, -0.2) is 32.7 Å². The molecule has 5 N–H and O–H groups in total. The van der Waals surface area contributed by atoms with E-state index in [0.717, 1.165) is 11.4 Å². The molecule has 8 heteroatoms. The number of carbonyl (C=O) groups excluding carboxylic acids is 1. The van der Waals surface area contributed by atoms with Crippen molar-refractivity contribution in [3.63, 3.8) is 0 Å². The van der Waals surface area contributed by atoms with E-state index in [1.54, 1.807) is 29.1 Å². The fraction of sp³-hybridized carbons (Fsp3) is 0.250. The van der Waals surface area contributed by atoms with Gasteiger partial charge in [0, 0.05) is 11.4 Å². The zero-order valence-corrected chi connectivity index (χ0v) is 10.8. The number of nitrogens with one attached hydrogen (secondary N) is 2. The Morgan fingerprint density at radius 3 is 2.95 bits per heavy atom. The van der Waals surface area contributed by atoms with E-state index in [-0.39, 0.29) is 6.61 Å². The molecule has 0 bridgehead atoms. The fourth-order valence-electron chi connectivity index (χ4n) is 1.67. The highest BCUT2D eigenvalue weighted by molar-refractivity contribution is 5.88. The van der Waals surface area contributed by atoms with Gasteiger partial charge in [-0.1, -0.05) is 11.3 Å². The maximum Gasteiger partial charge on any atom is 0.316 e. The van der Waals surface area contributed by atoms with Crippen LogP contribution in [0.5, 0.6) is 0 Å². The van der Waals surface area contributed by atoms with E-state index >= 15 is 0 Å². The van der Waals surface area contributed by atoms with Gasteiger partial charge in [-0.2, -0.15) is 0 Å². The van der Waals surface area contributed by atoms with Gasteiger partial charge in [0.15, 0.2) is 0 Å². The number of hydrogen-bond acceptors (Lipinski definition) is 5. The van der Waals surface area contributed by atoms with Crippen molar-refractivity contribution in [3.05, 3.63) is 36.2 Å².